The number of carbonyl (C=O) groups excluding carboxylic acids is 1. The van der Waals surface area contributed by atoms with Crippen molar-refractivity contribution in [3.05, 3.63) is 77.0 Å². The summed E-state index contributed by atoms with van der Waals surface area (Å²) in [5.41, 5.74) is 1.18. The Labute approximate surface area is 166 Å². The summed E-state index contributed by atoms with van der Waals surface area (Å²) in [6.45, 7) is 1.54. The molecule has 29 heavy (non-hydrogen) atoms. The number of oxime groups is 1. The number of halogens is 3. The summed E-state index contributed by atoms with van der Waals surface area (Å²) in [5, 5.41) is 3.91. The van der Waals surface area contributed by atoms with Crippen LogP contribution in [0.2, 0.25) is 0 Å². The van der Waals surface area contributed by atoms with Crippen molar-refractivity contribution in [3.8, 4) is 0 Å². The van der Waals surface area contributed by atoms with Crippen molar-refractivity contribution in [1.82, 2.24) is 0 Å². The standard InChI is InChI=1S/C21H20F3NO4/c1-14(15-8-6-9-17(11-15)21(22,23)24)25-29-12-16-7-4-5-10-18(16)19(13-27-2)20(26)28-3/h4-11,13H,12H2,1-3H3/b19-13-,25-14-. The Morgan fingerprint density at radius 2 is 1.83 bits per heavy atom. The van der Waals surface area contributed by atoms with Gasteiger partial charge in [-0.15, -0.1) is 0 Å². The first-order valence-electron chi connectivity index (χ1n) is 8.51. The molecule has 0 amide bonds. The molecule has 154 valence electrons. The van der Waals surface area contributed by atoms with Crippen molar-refractivity contribution in [2.24, 2.45) is 5.16 Å². The van der Waals surface area contributed by atoms with Gasteiger partial charge in [0.15, 0.2) is 0 Å². The van der Waals surface area contributed by atoms with Gasteiger partial charge in [0.2, 0.25) is 0 Å². The molecule has 0 spiro atoms. The van der Waals surface area contributed by atoms with Crippen LogP contribution >= 0.6 is 0 Å². The van der Waals surface area contributed by atoms with Crippen molar-refractivity contribution < 1.29 is 32.3 Å². The second-order valence-corrected chi connectivity index (χ2v) is 5.94. The molecule has 2 rings (SSSR count). The van der Waals surface area contributed by atoms with Crippen molar-refractivity contribution in [2.75, 3.05) is 14.2 Å². The number of methoxy groups -OCH3 is 2. The lowest BCUT2D eigenvalue weighted by atomic mass is 10.0. The zero-order chi connectivity index (χ0) is 21.4. The van der Waals surface area contributed by atoms with E-state index in [9.17, 15) is 18.0 Å². The molecule has 0 radical (unpaired) electrons. The predicted octanol–water partition coefficient (Wildman–Crippen LogP) is 4.81. The molecule has 8 heteroatoms. The van der Waals surface area contributed by atoms with E-state index in [1.807, 2.05) is 0 Å². The quantitative estimate of drug-likeness (QED) is 0.217. The first-order valence-corrected chi connectivity index (χ1v) is 8.51. The van der Waals surface area contributed by atoms with E-state index in [0.29, 0.717) is 16.7 Å². The highest BCUT2D eigenvalue weighted by Crippen LogP contribution is 2.29. The SMILES string of the molecule is CO/C=C(\C(=O)OC)c1ccccc1CO/N=C(/C)c1cccc(C(F)(F)F)c1. The van der Waals surface area contributed by atoms with Crippen LogP contribution in [0.25, 0.3) is 5.57 Å². The molecule has 0 aliphatic heterocycles. The molecular weight excluding hydrogens is 387 g/mol. The zero-order valence-corrected chi connectivity index (χ0v) is 16.1. The molecule has 0 unspecified atom stereocenters. The largest absolute Gasteiger partial charge is 0.503 e. The second-order valence-electron chi connectivity index (χ2n) is 5.94. The summed E-state index contributed by atoms with van der Waals surface area (Å²) in [5.74, 6) is -0.581. The Balaban J connectivity index is 2.21. The number of esters is 1. The van der Waals surface area contributed by atoms with Crippen LogP contribution in [0.1, 0.15) is 29.2 Å². The summed E-state index contributed by atoms with van der Waals surface area (Å²) in [6.07, 6.45) is -3.17. The summed E-state index contributed by atoms with van der Waals surface area (Å²) in [4.78, 5) is 17.3. The molecule has 0 bridgehead atoms. The first kappa shape index (κ1) is 22.0. The monoisotopic (exact) mass is 407 g/mol. The molecule has 0 fully saturated rings. The van der Waals surface area contributed by atoms with E-state index in [0.717, 1.165) is 12.1 Å². The van der Waals surface area contributed by atoms with E-state index in [1.165, 1.54) is 32.6 Å². The molecule has 0 atom stereocenters. The number of carbonyl (C=O) groups is 1. The number of rotatable bonds is 7. The number of hydrogen-bond acceptors (Lipinski definition) is 5. The highest BCUT2D eigenvalue weighted by molar-refractivity contribution is 6.16. The van der Waals surface area contributed by atoms with E-state index in [1.54, 1.807) is 31.2 Å². The third-order valence-electron chi connectivity index (χ3n) is 3.98. The van der Waals surface area contributed by atoms with Gasteiger partial charge in [0.05, 0.1) is 31.8 Å². The van der Waals surface area contributed by atoms with E-state index >= 15 is 0 Å². The van der Waals surface area contributed by atoms with Gasteiger partial charge >= 0.3 is 12.1 Å². The predicted molar refractivity (Wildman–Crippen MR) is 102 cm³/mol. The summed E-state index contributed by atoms with van der Waals surface area (Å²) < 4.78 is 48.3. The Hall–Kier alpha value is -3.29. The fraction of sp³-hybridized carbons (Fsp3) is 0.238. The van der Waals surface area contributed by atoms with E-state index in [-0.39, 0.29) is 17.9 Å². The molecule has 0 N–H and O–H groups in total. The number of ether oxygens (including phenoxy) is 2. The Morgan fingerprint density at radius 1 is 1.10 bits per heavy atom. The molecule has 2 aromatic carbocycles. The Bertz CT molecular complexity index is 920. The maximum absolute atomic E-state index is 12.9. The van der Waals surface area contributed by atoms with Gasteiger partial charge in [0.1, 0.15) is 12.2 Å². The molecule has 0 saturated carbocycles. The Kier molecular flexibility index (Phi) is 7.41. The fourth-order valence-corrected chi connectivity index (χ4v) is 2.53. The molecule has 0 heterocycles. The molecule has 0 saturated heterocycles. The average molecular weight is 407 g/mol. The van der Waals surface area contributed by atoms with Gasteiger partial charge < -0.3 is 14.3 Å². The number of alkyl halides is 3. The normalized spacial score (nSPS) is 12.5. The minimum atomic E-state index is -4.44. The number of hydrogen-bond donors (Lipinski definition) is 0. The zero-order valence-electron chi connectivity index (χ0n) is 16.1. The number of benzene rings is 2. The minimum absolute atomic E-state index is 0.00940. The molecule has 0 aliphatic rings. The van der Waals surface area contributed by atoms with Gasteiger partial charge in [0, 0.05) is 5.56 Å². The minimum Gasteiger partial charge on any atom is -0.503 e. The van der Waals surface area contributed by atoms with Crippen molar-refractivity contribution in [3.63, 3.8) is 0 Å². The first-order chi connectivity index (χ1) is 13.8. The molecule has 0 aliphatic carbocycles. The van der Waals surface area contributed by atoms with Crippen molar-refractivity contribution >= 4 is 17.3 Å². The Morgan fingerprint density at radius 3 is 2.48 bits per heavy atom. The highest BCUT2D eigenvalue weighted by atomic mass is 19.4. The lowest BCUT2D eigenvalue weighted by Gasteiger charge is -2.11. The van der Waals surface area contributed by atoms with Gasteiger partial charge in [0.25, 0.3) is 0 Å². The average Bonchev–Trinajstić information content (AvgIpc) is 2.71. The van der Waals surface area contributed by atoms with Crippen LogP contribution in [0.3, 0.4) is 0 Å². The lowest BCUT2D eigenvalue weighted by Crippen LogP contribution is -2.08. The van der Waals surface area contributed by atoms with E-state index in [4.69, 9.17) is 14.3 Å². The maximum atomic E-state index is 12.9. The van der Waals surface area contributed by atoms with E-state index in [2.05, 4.69) is 5.16 Å². The summed E-state index contributed by atoms with van der Waals surface area (Å²) in [7, 11) is 2.67. The third-order valence-corrected chi connectivity index (χ3v) is 3.98. The maximum Gasteiger partial charge on any atom is 0.416 e. The molecule has 5 nitrogen and oxygen atoms in total. The van der Waals surface area contributed by atoms with Gasteiger partial charge in [-0.1, -0.05) is 41.6 Å². The molecule has 2 aromatic rings. The second kappa shape index (κ2) is 9.77. The van der Waals surface area contributed by atoms with Crippen LogP contribution in [0, 0.1) is 0 Å². The fourth-order valence-electron chi connectivity index (χ4n) is 2.53. The van der Waals surface area contributed by atoms with Crippen LogP contribution in [0.4, 0.5) is 13.2 Å². The van der Waals surface area contributed by atoms with Crippen LogP contribution in [0.5, 0.6) is 0 Å². The van der Waals surface area contributed by atoms with Gasteiger partial charge in [-0.3, -0.25) is 0 Å². The smallest absolute Gasteiger partial charge is 0.416 e. The lowest BCUT2D eigenvalue weighted by molar-refractivity contribution is -0.137. The summed E-state index contributed by atoms with van der Waals surface area (Å²) in [6, 6.07) is 11.8. The van der Waals surface area contributed by atoms with Crippen LogP contribution < -0.4 is 0 Å². The highest BCUT2D eigenvalue weighted by Gasteiger charge is 2.30. The molecular formula is C21H20F3NO4. The van der Waals surface area contributed by atoms with Gasteiger partial charge in [-0.05, 0) is 30.2 Å². The van der Waals surface area contributed by atoms with Crippen molar-refractivity contribution in [2.45, 2.75) is 19.7 Å². The topological polar surface area (TPSA) is 57.1 Å². The van der Waals surface area contributed by atoms with Crippen LogP contribution in [-0.4, -0.2) is 25.9 Å². The van der Waals surface area contributed by atoms with Gasteiger partial charge in [-0.2, -0.15) is 13.2 Å². The van der Waals surface area contributed by atoms with Crippen LogP contribution in [0.15, 0.2) is 59.9 Å². The van der Waals surface area contributed by atoms with Crippen LogP contribution in [-0.2, 0) is 31.9 Å². The van der Waals surface area contributed by atoms with Gasteiger partial charge in [-0.25, -0.2) is 4.79 Å². The summed E-state index contributed by atoms with van der Waals surface area (Å²) >= 11 is 0. The number of nitrogens with zero attached hydrogens (tertiary/aromatic N) is 1. The third kappa shape index (κ3) is 5.84. The molecule has 0 aromatic heterocycles. The van der Waals surface area contributed by atoms with Crippen molar-refractivity contribution in [1.29, 1.82) is 0 Å². The van der Waals surface area contributed by atoms with E-state index < -0.39 is 17.7 Å².